The lowest BCUT2D eigenvalue weighted by Crippen LogP contribution is -2.47. The molecule has 2 aliphatic rings. The van der Waals surface area contributed by atoms with Crippen LogP contribution in [0.2, 0.25) is 0 Å². The van der Waals surface area contributed by atoms with Gasteiger partial charge in [-0.25, -0.2) is 4.90 Å². The van der Waals surface area contributed by atoms with Crippen molar-refractivity contribution in [2.45, 2.75) is 37.7 Å². The van der Waals surface area contributed by atoms with Gasteiger partial charge >= 0.3 is 0 Å². The summed E-state index contributed by atoms with van der Waals surface area (Å²) in [5.41, 5.74) is 0.623. The highest BCUT2D eigenvalue weighted by atomic mass is 127. The average molecular weight is 490 g/mol. The molecule has 3 rings (SSSR count). The number of amides is 2. The standard InChI is InChI=1S/C17H19IN2O3S2/c1-10-8-19(9-11(2)23-10)17(24)25-14-7-15(21)20(16(14)22)13-5-3-12(18)4-6-13/h3-6,10-11,14H,7-9H2,1-2H3/t10-,11-,14-/m1/s1. The zero-order chi connectivity index (χ0) is 18.1. The molecule has 0 aliphatic carbocycles. The minimum Gasteiger partial charge on any atom is -0.372 e. The normalized spacial score (nSPS) is 27.1. The Balaban J connectivity index is 1.68. The van der Waals surface area contributed by atoms with Gasteiger partial charge in [0.05, 0.1) is 17.9 Å². The maximum atomic E-state index is 12.7. The van der Waals surface area contributed by atoms with Gasteiger partial charge < -0.3 is 9.64 Å². The van der Waals surface area contributed by atoms with Gasteiger partial charge in [-0.2, -0.15) is 0 Å². The van der Waals surface area contributed by atoms with Crippen LogP contribution in [0.4, 0.5) is 5.69 Å². The number of halogens is 1. The molecule has 0 N–H and O–H groups in total. The summed E-state index contributed by atoms with van der Waals surface area (Å²) in [6.07, 6.45) is 0.392. The third-order valence-electron chi connectivity index (χ3n) is 4.11. The lowest BCUT2D eigenvalue weighted by molar-refractivity contribution is -0.121. The van der Waals surface area contributed by atoms with Gasteiger partial charge in [0.2, 0.25) is 11.8 Å². The number of carbonyl (C=O) groups excluding carboxylic acids is 2. The number of hydrogen-bond donors (Lipinski definition) is 0. The number of thioether (sulfide) groups is 1. The fraction of sp³-hybridized carbons (Fsp3) is 0.471. The van der Waals surface area contributed by atoms with Crippen LogP contribution in [0.1, 0.15) is 20.3 Å². The van der Waals surface area contributed by atoms with Crippen molar-refractivity contribution in [3.63, 3.8) is 0 Å². The number of morpholine rings is 1. The lowest BCUT2D eigenvalue weighted by Gasteiger charge is -2.36. The molecule has 0 aromatic heterocycles. The first kappa shape index (κ1) is 19.1. The number of anilines is 1. The van der Waals surface area contributed by atoms with Crippen LogP contribution in [0.3, 0.4) is 0 Å². The summed E-state index contributed by atoms with van der Waals surface area (Å²) in [4.78, 5) is 28.4. The van der Waals surface area contributed by atoms with Crippen molar-refractivity contribution in [1.82, 2.24) is 4.90 Å². The van der Waals surface area contributed by atoms with E-state index >= 15 is 0 Å². The van der Waals surface area contributed by atoms with Crippen LogP contribution in [0.25, 0.3) is 0 Å². The van der Waals surface area contributed by atoms with E-state index in [-0.39, 0.29) is 30.4 Å². The van der Waals surface area contributed by atoms with E-state index in [0.717, 1.165) is 3.57 Å². The van der Waals surface area contributed by atoms with E-state index in [4.69, 9.17) is 17.0 Å². The lowest BCUT2D eigenvalue weighted by atomic mass is 10.2. The second-order valence-corrected chi connectivity index (χ2v) is 9.36. The SMILES string of the molecule is C[C@@H]1CN(C(=S)S[C@@H]2CC(=O)N(c3ccc(I)cc3)C2=O)C[C@@H](C)O1. The first-order valence-corrected chi connectivity index (χ1v) is 10.4. The van der Waals surface area contributed by atoms with Gasteiger partial charge in [-0.15, -0.1) is 0 Å². The summed E-state index contributed by atoms with van der Waals surface area (Å²) in [7, 11) is 0. The Morgan fingerprint density at radius 2 is 1.80 bits per heavy atom. The monoisotopic (exact) mass is 490 g/mol. The maximum Gasteiger partial charge on any atom is 0.247 e. The van der Waals surface area contributed by atoms with Gasteiger partial charge in [0.15, 0.2) is 0 Å². The number of nitrogens with zero attached hydrogens (tertiary/aromatic N) is 2. The molecule has 8 heteroatoms. The number of benzene rings is 1. The number of thiocarbonyl (C=S) groups is 1. The highest BCUT2D eigenvalue weighted by molar-refractivity contribution is 14.1. The van der Waals surface area contributed by atoms with E-state index in [9.17, 15) is 9.59 Å². The van der Waals surface area contributed by atoms with E-state index in [2.05, 4.69) is 27.5 Å². The summed E-state index contributed by atoms with van der Waals surface area (Å²) < 4.78 is 7.44. The van der Waals surface area contributed by atoms with Crippen LogP contribution in [-0.2, 0) is 14.3 Å². The molecule has 0 spiro atoms. The fourth-order valence-corrected chi connectivity index (χ4v) is 4.91. The number of hydrogen-bond acceptors (Lipinski definition) is 5. The number of ether oxygens (including phenoxy) is 1. The quantitative estimate of drug-likeness (QED) is 0.361. The van der Waals surface area contributed by atoms with Gasteiger partial charge in [-0.05, 0) is 60.7 Å². The predicted octanol–water partition coefficient (Wildman–Crippen LogP) is 3.05. The van der Waals surface area contributed by atoms with Crippen LogP contribution in [0.5, 0.6) is 0 Å². The van der Waals surface area contributed by atoms with E-state index < -0.39 is 5.25 Å². The van der Waals surface area contributed by atoms with Crippen molar-refractivity contribution in [2.75, 3.05) is 18.0 Å². The molecule has 1 aromatic rings. The Labute approximate surface area is 170 Å². The molecule has 2 fully saturated rings. The summed E-state index contributed by atoms with van der Waals surface area (Å²) in [6, 6.07) is 7.37. The van der Waals surface area contributed by atoms with Crippen LogP contribution < -0.4 is 4.90 Å². The topological polar surface area (TPSA) is 49.9 Å². The Morgan fingerprint density at radius 1 is 1.20 bits per heavy atom. The second kappa shape index (κ2) is 7.89. The molecule has 0 unspecified atom stereocenters. The van der Waals surface area contributed by atoms with Crippen molar-refractivity contribution in [3.8, 4) is 0 Å². The minimum absolute atomic E-state index is 0.103. The summed E-state index contributed by atoms with van der Waals surface area (Å²) in [5, 5.41) is -0.451. The molecular weight excluding hydrogens is 471 g/mol. The molecular formula is C17H19IN2O3S2. The Kier molecular flexibility index (Phi) is 6.02. The molecule has 5 nitrogen and oxygen atoms in total. The molecule has 2 aliphatic heterocycles. The van der Waals surface area contributed by atoms with E-state index in [0.29, 0.717) is 23.1 Å². The smallest absolute Gasteiger partial charge is 0.247 e. The largest absolute Gasteiger partial charge is 0.372 e. The third kappa shape index (κ3) is 4.35. The van der Waals surface area contributed by atoms with Gasteiger partial charge in [0, 0.05) is 23.1 Å². The summed E-state index contributed by atoms with van der Waals surface area (Å²) >= 11 is 9.04. The van der Waals surface area contributed by atoms with E-state index in [1.807, 2.05) is 26.0 Å². The number of carbonyl (C=O) groups is 2. The summed E-state index contributed by atoms with van der Waals surface area (Å²) in [5.74, 6) is -0.358. The zero-order valence-corrected chi connectivity index (χ0v) is 17.8. The molecule has 25 heavy (non-hydrogen) atoms. The number of imide groups is 1. The minimum atomic E-state index is -0.451. The second-order valence-electron chi connectivity index (χ2n) is 6.28. The van der Waals surface area contributed by atoms with Gasteiger partial charge in [0.25, 0.3) is 0 Å². The highest BCUT2D eigenvalue weighted by Crippen LogP contribution is 2.32. The average Bonchev–Trinajstić information content (AvgIpc) is 2.81. The van der Waals surface area contributed by atoms with Crippen molar-refractivity contribution in [3.05, 3.63) is 27.8 Å². The zero-order valence-electron chi connectivity index (χ0n) is 14.0. The maximum absolute atomic E-state index is 12.7. The molecule has 2 amide bonds. The Morgan fingerprint density at radius 3 is 2.40 bits per heavy atom. The van der Waals surface area contributed by atoms with Gasteiger partial charge in [0.1, 0.15) is 9.57 Å². The molecule has 1 aromatic carbocycles. The Hall–Kier alpha value is -0.710. The molecule has 2 heterocycles. The van der Waals surface area contributed by atoms with Crippen molar-refractivity contribution < 1.29 is 14.3 Å². The van der Waals surface area contributed by atoms with Gasteiger partial charge in [-0.3, -0.25) is 9.59 Å². The van der Waals surface area contributed by atoms with Gasteiger partial charge in [-0.1, -0.05) is 24.0 Å². The van der Waals surface area contributed by atoms with Crippen LogP contribution >= 0.6 is 46.6 Å². The van der Waals surface area contributed by atoms with Crippen LogP contribution in [0, 0.1) is 3.57 Å². The predicted molar refractivity (Wildman–Crippen MR) is 112 cm³/mol. The van der Waals surface area contributed by atoms with Crippen LogP contribution in [-0.4, -0.2) is 51.6 Å². The number of rotatable bonds is 2. The third-order valence-corrected chi connectivity index (χ3v) is 6.49. The first-order valence-electron chi connectivity index (χ1n) is 8.08. The fourth-order valence-electron chi connectivity index (χ4n) is 3.08. The van der Waals surface area contributed by atoms with Crippen molar-refractivity contribution in [1.29, 1.82) is 0 Å². The molecule has 0 bridgehead atoms. The van der Waals surface area contributed by atoms with Crippen LogP contribution in [0.15, 0.2) is 24.3 Å². The van der Waals surface area contributed by atoms with E-state index in [1.165, 1.54) is 16.7 Å². The highest BCUT2D eigenvalue weighted by Gasteiger charge is 2.41. The van der Waals surface area contributed by atoms with E-state index in [1.54, 1.807) is 12.1 Å². The first-order chi connectivity index (χ1) is 11.8. The molecule has 0 saturated carbocycles. The summed E-state index contributed by atoms with van der Waals surface area (Å²) in [6.45, 7) is 5.45. The Bertz CT molecular complexity index is 688. The molecule has 134 valence electrons. The molecule has 2 saturated heterocycles. The molecule has 0 radical (unpaired) electrons. The van der Waals surface area contributed by atoms with Crippen molar-refractivity contribution >= 4 is 68.4 Å². The van der Waals surface area contributed by atoms with Crippen molar-refractivity contribution in [2.24, 2.45) is 0 Å². The molecule has 3 atom stereocenters.